The van der Waals surface area contributed by atoms with Gasteiger partial charge in [-0.25, -0.2) is 4.99 Å². The molecule has 0 amide bonds. The highest BCUT2D eigenvalue weighted by atomic mass is 32.1. The number of rotatable bonds is 8. The van der Waals surface area contributed by atoms with Gasteiger partial charge in [0.25, 0.3) is 0 Å². The maximum atomic E-state index is 12.8. The molecule has 5 nitrogen and oxygen atoms in total. The highest BCUT2D eigenvalue weighted by Crippen LogP contribution is 2.38. The van der Waals surface area contributed by atoms with Crippen molar-refractivity contribution in [2.45, 2.75) is 13.3 Å². The second kappa shape index (κ2) is 10.4. The number of ketones is 1. The molecule has 4 aromatic rings. The number of nitrogens with zero attached hydrogens (tertiary/aromatic N) is 1. The third-order valence-electron chi connectivity index (χ3n) is 5.51. The van der Waals surface area contributed by atoms with Crippen LogP contribution in [0.1, 0.15) is 34.1 Å². The summed E-state index contributed by atoms with van der Waals surface area (Å²) in [7, 11) is 2.94. The number of ether oxygens (including phenoxy) is 2. The Morgan fingerprint density at radius 3 is 2.09 bits per heavy atom. The summed E-state index contributed by atoms with van der Waals surface area (Å²) >= 11 is 1.39. The second-order valence-corrected chi connectivity index (χ2v) is 9.00. The number of Topliss-reactive ketones (excluding diaryl/α,β-unsaturated/α-hetero) is 1. The second-order valence-electron chi connectivity index (χ2n) is 7.92. The zero-order valence-electron chi connectivity index (χ0n) is 19.3. The molecule has 0 fully saturated rings. The number of aliphatic imine (C=N–C) groups is 1. The normalized spacial score (nSPS) is 11.6. The number of hydrogen-bond acceptors (Lipinski definition) is 6. The molecule has 3 aromatic carbocycles. The molecule has 1 atom stereocenters. The van der Waals surface area contributed by atoms with E-state index in [0.29, 0.717) is 16.3 Å². The van der Waals surface area contributed by atoms with Gasteiger partial charge in [-0.15, -0.1) is 11.3 Å². The molecular formula is C28H25NO4S. The van der Waals surface area contributed by atoms with Crippen LogP contribution in [0.5, 0.6) is 5.75 Å². The van der Waals surface area contributed by atoms with Crippen LogP contribution in [0, 0.1) is 5.92 Å². The summed E-state index contributed by atoms with van der Waals surface area (Å²) in [6.45, 7) is 1.70. The number of carbonyl (C=O) groups is 2. The van der Waals surface area contributed by atoms with Gasteiger partial charge in [-0.05, 0) is 17.5 Å². The Morgan fingerprint density at radius 2 is 1.53 bits per heavy atom. The van der Waals surface area contributed by atoms with Gasteiger partial charge in [-0.1, -0.05) is 67.6 Å². The maximum Gasteiger partial charge on any atom is 0.308 e. The van der Waals surface area contributed by atoms with Gasteiger partial charge in [0.05, 0.1) is 30.7 Å². The molecular weight excluding hydrogens is 446 g/mol. The third kappa shape index (κ3) is 5.07. The molecule has 1 heterocycles. The molecule has 0 saturated carbocycles. The van der Waals surface area contributed by atoms with Crippen molar-refractivity contribution in [1.82, 2.24) is 0 Å². The molecule has 0 bridgehead atoms. The van der Waals surface area contributed by atoms with Crippen LogP contribution in [0.4, 0.5) is 5.69 Å². The maximum absolute atomic E-state index is 12.8. The molecule has 0 saturated heterocycles. The summed E-state index contributed by atoms with van der Waals surface area (Å²) in [5, 5.41) is 0.902. The smallest absolute Gasteiger partial charge is 0.308 e. The topological polar surface area (TPSA) is 65.0 Å². The van der Waals surface area contributed by atoms with Crippen LogP contribution >= 0.6 is 11.3 Å². The average Bonchev–Trinajstić information content (AvgIpc) is 3.30. The first-order valence-corrected chi connectivity index (χ1v) is 11.7. The van der Waals surface area contributed by atoms with E-state index < -0.39 is 5.92 Å². The molecule has 0 N–H and O–H groups in total. The van der Waals surface area contributed by atoms with Crippen molar-refractivity contribution in [3.05, 3.63) is 94.9 Å². The Balaban J connectivity index is 1.76. The zero-order chi connectivity index (χ0) is 24.1. The highest BCUT2D eigenvalue weighted by Gasteiger charge is 2.21. The van der Waals surface area contributed by atoms with Crippen LogP contribution in [0.2, 0.25) is 0 Å². The Bertz CT molecular complexity index is 1300. The van der Waals surface area contributed by atoms with Gasteiger partial charge in [0.15, 0.2) is 5.78 Å². The van der Waals surface area contributed by atoms with Gasteiger partial charge in [-0.3, -0.25) is 9.59 Å². The van der Waals surface area contributed by atoms with Gasteiger partial charge in [-0.2, -0.15) is 0 Å². The molecule has 0 aliphatic heterocycles. The summed E-state index contributed by atoms with van der Waals surface area (Å²) in [5.74, 6) is -0.336. The van der Waals surface area contributed by atoms with Crippen LogP contribution in [0.3, 0.4) is 0 Å². The zero-order valence-corrected chi connectivity index (χ0v) is 20.1. The van der Waals surface area contributed by atoms with Crippen molar-refractivity contribution in [2.24, 2.45) is 10.9 Å². The van der Waals surface area contributed by atoms with Crippen molar-refractivity contribution in [3.8, 4) is 5.75 Å². The predicted molar refractivity (Wildman–Crippen MR) is 137 cm³/mol. The molecule has 6 heteroatoms. The summed E-state index contributed by atoms with van der Waals surface area (Å²) in [6.07, 6.45) is 0.105. The van der Waals surface area contributed by atoms with Crippen molar-refractivity contribution in [1.29, 1.82) is 0 Å². The number of methoxy groups -OCH3 is 2. The van der Waals surface area contributed by atoms with E-state index in [1.54, 1.807) is 14.0 Å². The number of esters is 1. The van der Waals surface area contributed by atoms with Crippen LogP contribution in [0.25, 0.3) is 10.1 Å². The number of fused-ring (bicyclic) bond motifs is 1. The Kier molecular flexibility index (Phi) is 7.18. The minimum absolute atomic E-state index is 0.0858. The summed E-state index contributed by atoms with van der Waals surface area (Å²) in [6, 6.07) is 25.7. The molecule has 4 rings (SSSR count). The molecule has 0 spiro atoms. The van der Waals surface area contributed by atoms with Crippen molar-refractivity contribution in [2.75, 3.05) is 14.2 Å². The summed E-state index contributed by atoms with van der Waals surface area (Å²) in [4.78, 5) is 30.1. The monoisotopic (exact) mass is 471 g/mol. The first kappa shape index (κ1) is 23.4. The van der Waals surface area contributed by atoms with Crippen LogP contribution in [0.15, 0.2) is 83.9 Å². The van der Waals surface area contributed by atoms with Crippen molar-refractivity contribution < 1.29 is 19.1 Å². The predicted octanol–water partition coefficient (Wildman–Crippen LogP) is 6.46. The Morgan fingerprint density at radius 1 is 0.912 bits per heavy atom. The fourth-order valence-corrected chi connectivity index (χ4v) is 4.74. The van der Waals surface area contributed by atoms with E-state index >= 15 is 0 Å². The van der Waals surface area contributed by atoms with Crippen LogP contribution in [-0.4, -0.2) is 31.7 Å². The van der Waals surface area contributed by atoms with Gasteiger partial charge < -0.3 is 9.47 Å². The Hall–Kier alpha value is -3.77. The van der Waals surface area contributed by atoms with Crippen LogP contribution in [-0.2, 0) is 9.53 Å². The molecule has 1 aromatic heterocycles. The molecule has 172 valence electrons. The number of benzene rings is 3. The Labute approximate surface area is 202 Å². The lowest BCUT2D eigenvalue weighted by Crippen LogP contribution is -2.16. The van der Waals surface area contributed by atoms with Gasteiger partial charge in [0.2, 0.25) is 0 Å². The summed E-state index contributed by atoms with van der Waals surface area (Å²) < 4.78 is 11.3. The molecule has 0 radical (unpaired) electrons. The standard InChI is InChI=1S/C28H25NO4S/c1-18(28(31)33-3)14-23(30)26-16-21-15-22(24(32-2)17-25(21)34-26)29-27(19-10-6-4-7-11-19)20-12-8-5-9-13-20/h4-13,15-18H,14H2,1-3H3/t18-/m0/s1. The average molecular weight is 472 g/mol. The van der Waals surface area contributed by atoms with E-state index in [9.17, 15) is 9.59 Å². The molecule has 0 aliphatic rings. The number of hydrogen-bond donors (Lipinski definition) is 0. The van der Waals surface area contributed by atoms with Gasteiger partial charge in [0, 0.05) is 28.3 Å². The summed E-state index contributed by atoms with van der Waals surface area (Å²) in [5.41, 5.74) is 3.50. The number of thiophene rings is 1. The molecule has 0 aliphatic carbocycles. The van der Waals surface area contributed by atoms with E-state index in [2.05, 4.69) is 0 Å². The fourth-order valence-electron chi connectivity index (χ4n) is 3.72. The minimum atomic E-state index is -0.489. The largest absolute Gasteiger partial charge is 0.494 e. The van der Waals surface area contributed by atoms with Crippen molar-refractivity contribution >= 4 is 44.6 Å². The van der Waals surface area contributed by atoms with Crippen LogP contribution < -0.4 is 4.74 Å². The highest BCUT2D eigenvalue weighted by molar-refractivity contribution is 7.20. The van der Waals surface area contributed by atoms with Gasteiger partial charge in [0.1, 0.15) is 11.4 Å². The lowest BCUT2D eigenvalue weighted by atomic mass is 10.0. The van der Waals surface area contributed by atoms with E-state index in [1.807, 2.05) is 78.9 Å². The SMILES string of the molecule is COC(=O)[C@@H](C)CC(=O)c1cc2cc(N=C(c3ccccc3)c3ccccc3)c(OC)cc2s1. The van der Waals surface area contributed by atoms with Crippen molar-refractivity contribution in [3.63, 3.8) is 0 Å². The third-order valence-corrected chi connectivity index (χ3v) is 6.65. The first-order chi connectivity index (χ1) is 16.5. The van der Waals surface area contributed by atoms with E-state index in [1.165, 1.54) is 18.4 Å². The molecule has 0 unspecified atom stereocenters. The quantitative estimate of drug-likeness (QED) is 0.168. The number of carbonyl (C=O) groups excluding carboxylic acids is 2. The van der Waals surface area contributed by atoms with E-state index in [4.69, 9.17) is 14.5 Å². The minimum Gasteiger partial charge on any atom is -0.494 e. The first-order valence-electron chi connectivity index (χ1n) is 10.9. The lowest BCUT2D eigenvalue weighted by Gasteiger charge is -2.10. The van der Waals surface area contributed by atoms with E-state index in [-0.39, 0.29) is 18.2 Å². The lowest BCUT2D eigenvalue weighted by molar-refractivity contribution is -0.144. The van der Waals surface area contributed by atoms with Gasteiger partial charge >= 0.3 is 5.97 Å². The van der Waals surface area contributed by atoms with E-state index in [0.717, 1.165) is 26.9 Å². The molecule has 34 heavy (non-hydrogen) atoms. The fraction of sp³-hybridized carbons (Fsp3) is 0.179.